The van der Waals surface area contributed by atoms with Gasteiger partial charge in [0.05, 0.1) is 6.20 Å². The molecule has 23 heavy (non-hydrogen) atoms. The Morgan fingerprint density at radius 3 is 2.61 bits per heavy atom. The molecule has 6 heteroatoms. The second-order valence-electron chi connectivity index (χ2n) is 5.93. The Kier molecular flexibility index (Phi) is 6.97. The molecule has 0 aromatic carbocycles. The van der Waals surface area contributed by atoms with E-state index in [0.29, 0.717) is 25.2 Å². The van der Waals surface area contributed by atoms with Crippen LogP contribution in [0.3, 0.4) is 0 Å². The largest absolute Gasteiger partial charge is 0.343 e. The quantitative estimate of drug-likeness (QED) is 0.772. The Morgan fingerprint density at radius 1 is 1.17 bits per heavy atom. The van der Waals surface area contributed by atoms with Crippen LogP contribution in [-0.2, 0) is 4.79 Å². The minimum Gasteiger partial charge on any atom is -0.343 e. The standard InChI is InChI=1S/C17H26N4O2/c1-2-3-10-21(17(23)15-14-18-8-9-19-15)13-7-16(22)20-11-5-4-6-12-20/h8-9,14H,2-7,10-13H2,1H3. The summed E-state index contributed by atoms with van der Waals surface area (Å²) in [7, 11) is 0. The molecule has 1 aliphatic heterocycles. The van der Waals surface area contributed by atoms with Gasteiger partial charge in [0.1, 0.15) is 5.69 Å². The molecule has 0 aliphatic carbocycles. The first-order valence-corrected chi connectivity index (χ1v) is 8.55. The van der Waals surface area contributed by atoms with E-state index in [-0.39, 0.29) is 11.8 Å². The highest BCUT2D eigenvalue weighted by Crippen LogP contribution is 2.11. The molecule has 1 fully saturated rings. The lowest BCUT2D eigenvalue weighted by Crippen LogP contribution is -2.39. The fourth-order valence-electron chi connectivity index (χ4n) is 2.77. The van der Waals surface area contributed by atoms with Crippen LogP contribution in [0.1, 0.15) is 55.9 Å². The van der Waals surface area contributed by atoms with Gasteiger partial charge in [-0.15, -0.1) is 0 Å². The average Bonchev–Trinajstić information content (AvgIpc) is 2.62. The van der Waals surface area contributed by atoms with E-state index in [0.717, 1.165) is 38.8 Å². The van der Waals surface area contributed by atoms with Crippen LogP contribution in [0.4, 0.5) is 0 Å². The van der Waals surface area contributed by atoms with Gasteiger partial charge in [-0.1, -0.05) is 13.3 Å². The summed E-state index contributed by atoms with van der Waals surface area (Å²) >= 11 is 0. The van der Waals surface area contributed by atoms with Crippen LogP contribution < -0.4 is 0 Å². The van der Waals surface area contributed by atoms with Gasteiger partial charge in [-0.2, -0.15) is 0 Å². The molecule has 0 atom stereocenters. The Hall–Kier alpha value is -1.98. The molecule has 0 N–H and O–H groups in total. The number of unbranched alkanes of at least 4 members (excludes halogenated alkanes) is 1. The maximum absolute atomic E-state index is 12.5. The van der Waals surface area contributed by atoms with Gasteiger partial charge in [0.2, 0.25) is 5.91 Å². The summed E-state index contributed by atoms with van der Waals surface area (Å²) < 4.78 is 0. The highest BCUT2D eigenvalue weighted by molar-refractivity contribution is 5.92. The predicted molar refractivity (Wildman–Crippen MR) is 87.9 cm³/mol. The molecular formula is C17H26N4O2. The minimum atomic E-state index is -0.141. The van der Waals surface area contributed by atoms with Crippen molar-refractivity contribution in [3.63, 3.8) is 0 Å². The topological polar surface area (TPSA) is 66.4 Å². The SMILES string of the molecule is CCCCN(CCC(=O)N1CCCCC1)C(=O)c1cnccn1. The molecule has 1 saturated heterocycles. The van der Waals surface area contributed by atoms with Gasteiger partial charge < -0.3 is 9.80 Å². The molecule has 0 bridgehead atoms. The molecule has 2 amide bonds. The number of hydrogen-bond donors (Lipinski definition) is 0. The number of nitrogens with zero attached hydrogens (tertiary/aromatic N) is 4. The van der Waals surface area contributed by atoms with E-state index in [2.05, 4.69) is 16.9 Å². The summed E-state index contributed by atoms with van der Waals surface area (Å²) in [6.45, 7) is 4.89. The first kappa shape index (κ1) is 17.4. The number of carbonyl (C=O) groups excluding carboxylic acids is 2. The number of amides is 2. The zero-order valence-corrected chi connectivity index (χ0v) is 13.9. The third kappa shape index (κ3) is 5.30. The van der Waals surface area contributed by atoms with Gasteiger partial charge in [-0.05, 0) is 25.7 Å². The van der Waals surface area contributed by atoms with Crippen molar-refractivity contribution in [1.82, 2.24) is 19.8 Å². The number of hydrogen-bond acceptors (Lipinski definition) is 4. The zero-order valence-electron chi connectivity index (χ0n) is 13.9. The minimum absolute atomic E-state index is 0.141. The van der Waals surface area contributed by atoms with Crippen molar-refractivity contribution in [2.24, 2.45) is 0 Å². The van der Waals surface area contributed by atoms with Crippen LogP contribution in [0.15, 0.2) is 18.6 Å². The van der Waals surface area contributed by atoms with E-state index in [4.69, 9.17) is 0 Å². The molecule has 1 aromatic rings. The molecule has 0 radical (unpaired) electrons. The maximum Gasteiger partial charge on any atom is 0.274 e. The number of aromatic nitrogens is 2. The molecule has 2 rings (SSSR count). The van der Waals surface area contributed by atoms with Crippen molar-refractivity contribution in [2.45, 2.75) is 45.4 Å². The lowest BCUT2D eigenvalue weighted by Gasteiger charge is -2.28. The lowest BCUT2D eigenvalue weighted by molar-refractivity contribution is -0.132. The summed E-state index contributed by atoms with van der Waals surface area (Å²) in [5.41, 5.74) is 0.342. The number of piperidine rings is 1. The van der Waals surface area contributed by atoms with Gasteiger partial charge in [0, 0.05) is 45.0 Å². The second kappa shape index (κ2) is 9.22. The molecular weight excluding hydrogens is 292 g/mol. The van der Waals surface area contributed by atoms with E-state index in [1.54, 1.807) is 11.1 Å². The molecule has 2 heterocycles. The van der Waals surface area contributed by atoms with Crippen molar-refractivity contribution >= 4 is 11.8 Å². The van der Waals surface area contributed by atoms with Crippen LogP contribution in [0, 0.1) is 0 Å². The van der Waals surface area contributed by atoms with E-state index in [1.165, 1.54) is 18.8 Å². The second-order valence-corrected chi connectivity index (χ2v) is 5.93. The molecule has 1 aromatic heterocycles. The first-order chi connectivity index (χ1) is 11.2. The van der Waals surface area contributed by atoms with E-state index in [1.807, 2.05) is 4.90 Å². The van der Waals surface area contributed by atoms with Crippen LogP contribution in [0.25, 0.3) is 0 Å². The zero-order chi connectivity index (χ0) is 16.5. The number of carbonyl (C=O) groups is 2. The van der Waals surface area contributed by atoms with Gasteiger partial charge in [0.25, 0.3) is 5.91 Å². The van der Waals surface area contributed by atoms with E-state index in [9.17, 15) is 9.59 Å². The van der Waals surface area contributed by atoms with Crippen LogP contribution >= 0.6 is 0 Å². The van der Waals surface area contributed by atoms with E-state index < -0.39 is 0 Å². The molecule has 1 aliphatic rings. The van der Waals surface area contributed by atoms with Crippen molar-refractivity contribution in [3.8, 4) is 0 Å². The van der Waals surface area contributed by atoms with Gasteiger partial charge in [-0.25, -0.2) is 4.98 Å². The predicted octanol–water partition coefficient (Wildman–Crippen LogP) is 2.12. The summed E-state index contributed by atoms with van der Waals surface area (Å²) in [4.78, 5) is 36.5. The number of likely N-dealkylation sites (tertiary alicyclic amines) is 1. The fraction of sp³-hybridized carbons (Fsp3) is 0.647. The molecule has 0 saturated carbocycles. The van der Waals surface area contributed by atoms with Crippen molar-refractivity contribution < 1.29 is 9.59 Å². The number of rotatable bonds is 7. The molecule has 126 valence electrons. The fourth-order valence-corrected chi connectivity index (χ4v) is 2.77. The first-order valence-electron chi connectivity index (χ1n) is 8.55. The summed E-state index contributed by atoms with van der Waals surface area (Å²) in [5.74, 6) is 0.0103. The van der Waals surface area contributed by atoms with Gasteiger partial charge in [-0.3, -0.25) is 14.6 Å². The van der Waals surface area contributed by atoms with E-state index >= 15 is 0 Å². The molecule has 0 unspecified atom stereocenters. The maximum atomic E-state index is 12.5. The Labute approximate surface area is 137 Å². The summed E-state index contributed by atoms with van der Waals surface area (Å²) in [5, 5.41) is 0. The van der Waals surface area contributed by atoms with Crippen LogP contribution in [0.2, 0.25) is 0 Å². The molecule has 0 spiro atoms. The summed E-state index contributed by atoms with van der Waals surface area (Å²) in [6, 6.07) is 0. The lowest BCUT2D eigenvalue weighted by atomic mass is 10.1. The van der Waals surface area contributed by atoms with Crippen molar-refractivity contribution in [1.29, 1.82) is 0 Å². The van der Waals surface area contributed by atoms with Crippen LogP contribution in [0.5, 0.6) is 0 Å². The third-order valence-corrected chi connectivity index (χ3v) is 4.16. The van der Waals surface area contributed by atoms with Gasteiger partial charge in [0.15, 0.2) is 0 Å². The average molecular weight is 318 g/mol. The monoisotopic (exact) mass is 318 g/mol. The normalized spacial score (nSPS) is 14.6. The summed E-state index contributed by atoms with van der Waals surface area (Å²) in [6.07, 6.45) is 10.2. The highest BCUT2D eigenvalue weighted by Gasteiger charge is 2.21. The Morgan fingerprint density at radius 2 is 1.96 bits per heavy atom. The van der Waals surface area contributed by atoms with Gasteiger partial charge >= 0.3 is 0 Å². The Balaban J connectivity index is 1.92. The molecule has 6 nitrogen and oxygen atoms in total. The highest BCUT2D eigenvalue weighted by atomic mass is 16.2. The van der Waals surface area contributed by atoms with Crippen LogP contribution in [-0.4, -0.2) is 57.8 Å². The smallest absolute Gasteiger partial charge is 0.274 e. The van der Waals surface area contributed by atoms with Crippen molar-refractivity contribution in [2.75, 3.05) is 26.2 Å². The van der Waals surface area contributed by atoms with Crippen molar-refractivity contribution in [3.05, 3.63) is 24.3 Å². The Bertz CT molecular complexity index is 501. The third-order valence-electron chi connectivity index (χ3n) is 4.16.